The van der Waals surface area contributed by atoms with Crippen molar-refractivity contribution in [3.8, 4) is 5.75 Å². The highest BCUT2D eigenvalue weighted by Gasteiger charge is 2.60. The lowest BCUT2D eigenvalue weighted by molar-refractivity contribution is -0.130. The number of fused-ring (bicyclic) bond motifs is 2. The molecule has 1 fully saturated rings. The van der Waals surface area contributed by atoms with Gasteiger partial charge in [-0.15, -0.1) is 0 Å². The largest absolute Gasteiger partial charge is 0.495 e. The summed E-state index contributed by atoms with van der Waals surface area (Å²) in [5.74, 6) is -1.41. The molecule has 0 unspecified atom stereocenters. The number of benzene rings is 2. The molecule has 2 aromatic rings. The number of nitrogens with one attached hydrogen (secondary N) is 3. The minimum absolute atomic E-state index is 0.150. The van der Waals surface area contributed by atoms with Crippen molar-refractivity contribution < 1.29 is 19.1 Å². The highest BCUT2D eigenvalue weighted by Crippen LogP contribution is 2.48. The van der Waals surface area contributed by atoms with E-state index in [-0.39, 0.29) is 24.3 Å². The molecule has 32 heavy (non-hydrogen) atoms. The molecular formula is C22H22BrClN4O4. The molecule has 0 bridgehead atoms. The number of halogens is 2. The Hall–Kier alpha value is -2.62. The summed E-state index contributed by atoms with van der Waals surface area (Å²) in [5, 5.41) is 9.55. The number of carbonyl (C=O) groups is 3. The number of nitrogens with two attached hydrogens (primary N) is 1. The smallest absolute Gasteiger partial charge is 0.250 e. The molecule has 1 spiro atoms. The van der Waals surface area contributed by atoms with Gasteiger partial charge in [0, 0.05) is 33.2 Å². The van der Waals surface area contributed by atoms with E-state index in [1.807, 2.05) is 12.1 Å². The van der Waals surface area contributed by atoms with E-state index in [0.717, 1.165) is 4.47 Å². The van der Waals surface area contributed by atoms with Gasteiger partial charge in [0.25, 0.3) is 0 Å². The molecule has 2 aliphatic heterocycles. The van der Waals surface area contributed by atoms with Crippen LogP contribution in [-0.2, 0) is 19.9 Å². The van der Waals surface area contributed by atoms with Gasteiger partial charge in [-0.1, -0.05) is 27.5 Å². The van der Waals surface area contributed by atoms with Crippen LogP contribution in [0.1, 0.15) is 24.8 Å². The number of rotatable bonds is 6. The summed E-state index contributed by atoms with van der Waals surface area (Å²) in [6.07, 6.45) is 0.913. The van der Waals surface area contributed by atoms with E-state index in [9.17, 15) is 14.4 Å². The van der Waals surface area contributed by atoms with Crippen molar-refractivity contribution in [1.82, 2.24) is 5.32 Å². The van der Waals surface area contributed by atoms with Crippen LogP contribution in [-0.4, -0.2) is 30.9 Å². The van der Waals surface area contributed by atoms with E-state index in [1.54, 1.807) is 24.3 Å². The van der Waals surface area contributed by atoms with Gasteiger partial charge in [-0.2, -0.15) is 0 Å². The Kier molecular flexibility index (Phi) is 6.15. The molecule has 3 atom stereocenters. The number of hydrogen-bond acceptors (Lipinski definition) is 5. The predicted molar refractivity (Wildman–Crippen MR) is 125 cm³/mol. The number of hydrogen-bond donors (Lipinski definition) is 4. The van der Waals surface area contributed by atoms with Crippen molar-refractivity contribution in [2.24, 2.45) is 11.7 Å². The van der Waals surface area contributed by atoms with Gasteiger partial charge in [0.05, 0.1) is 18.7 Å². The Morgan fingerprint density at radius 2 is 2.09 bits per heavy atom. The molecule has 10 heteroatoms. The van der Waals surface area contributed by atoms with Gasteiger partial charge in [-0.05, 0) is 49.2 Å². The maximum atomic E-state index is 13.5. The van der Waals surface area contributed by atoms with E-state index in [1.165, 1.54) is 7.11 Å². The average Bonchev–Trinajstić information content (AvgIpc) is 3.26. The molecule has 168 valence electrons. The zero-order valence-corrected chi connectivity index (χ0v) is 19.5. The fourth-order valence-electron chi connectivity index (χ4n) is 4.53. The standard InChI is InChI=1S/C22H22BrClN4O4/c1-32-18-6-3-12(24)9-17(18)26-20(30)15-10-13(4-7-19(25)29)28-22(15)14-8-11(23)2-5-16(14)27-21(22)31/h2-3,5-6,8-9,13,15,28H,4,7,10H2,1H3,(H2,25,29)(H,26,30)(H,27,31)/t13-,15+,22-/m0/s1. The average molecular weight is 522 g/mol. The third kappa shape index (κ3) is 3.96. The first-order valence-corrected chi connectivity index (χ1v) is 11.2. The minimum atomic E-state index is -1.28. The lowest BCUT2D eigenvalue weighted by Crippen LogP contribution is -2.52. The summed E-state index contributed by atoms with van der Waals surface area (Å²) in [7, 11) is 1.50. The van der Waals surface area contributed by atoms with Crippen molar-refractivity contribution in [3.05, 3.63) is 51.5 Å². The predicted octanol–water partition coefficient (Wildman–Crippen LogP) is 3.14. The number of ether oxygens (including phenoxy) is 1. The molecule has 2 heterocycles. The van der Waals surface area contributed by atoms with Gasteiger partial charge >= 0.3 is 0 Å². The molecule has 2 aliphatic rings. The lowest BCUT2D eigenvalue weighted by atomic mass is 9.79. The Labute approximate surface area is 198 Å². The Morgan fingerprint density at radius 3 is 2.81 bits per heavy atom. The zero-order chi connectivity index (χ0) is 23.0. The first kappa shape index (κ1) is 22.6. The van der Waals surface area contributed by atoms with Crippen molar-refractivity contribution >= 4 is 56.6 Å². The third-order valence-corrected chi connectivity index (χ3v) is 6.69. The summed E-state index contributed by atoms with van der Waals surface area (Å²) >= 11 is 9.56. The van der Waals surface area contributed by atoms with E-state index in [4.69, 9.17) is 22.1 Å². The number of primary amides is 1. The second-order valence-corrected chi connectivity index (χ2v) is 9.27. The fourth-order valence-corrected chi connectivity index (χ4v) is 5.07. The van der Waals surface area contributed by atoms with Gasteiger partial charge in [-0.25, -0.2) is 0 Å². The quantitative estimate of drug-likeness (QED) is 0.465. The van der Waals surface area contributed by atoms with Crippen molar-refractivity contribution in [2.75, 3.05) is 17.7 Å². The molecule has 8 nitrogen and oxygen atoms in total. The van der Waals surface area contributed by atoms with Crippen LogP contribution in [0.3, 0.4) is 0 Å². The van der Waals surface area contributed by atoms with Crippen LogP contribution in [0.15, 0.2) is 40.9 Å². The first-order chi connectivity index (χ1) is 15.2. The summed E-state index contributed by atoms with van der Waals surface area (Å²) in [5.41, 5.74) is 5.77. The SMILES string of the molecule is COc1ccc(Cl)cc1NC(=O)[C@H]1C[C@H](CCC(N)=O)N[C@]12C(=O)Nc1ccc(Br)cc12. The molecule has 4 rings (SSSR count). The van der Waals surface area contributed by atoms with Crippen molar-refractivity contribution in [3.63, 3.8) is 0 Å². The fraction of sp³-hybridized carbons (Fsp3) is 0.318. The van der Waals surface area contributed by atoms with Gasteiger partial charge in [0.1, 0.15) is 11.3 Å². The summed E-state index contributed by atoms with van der Waals surface area (Å²) in [6.45, 7) is 0. The van der Waals surface area contributed by atoms with Crippen LogP contribution in [0.2, 0.25) is 5.02 Å². The van der Waals surface area contributed by atoms with E-state index in [0.29, 0.717) is 40.6 Å². The minimum Gasteiger partial charge on any atom is -0.495 e. The van der Waals surface area contributed by atoms with Crippen LogP contribution in [0.25, 0.3) is 0 Å². The van der Waals surface area contributed by atoms with E-state index in [2.05, 4.69) is 31.9 Å². The highest BCUT2D eigenvalue weighted by molar-refractivity contribution is 9.10. The highest BCUT2D eigenvalue weighted by atomic mass is 79.9. The van der Waals surface area contributed by atoms with E-state index < -0.39 is 17.4 Å². The number of methoxy groups -OCH3 is 1. The molecule has 0 aliphatic carbocycles. The Morgan fingerprint density at radius 1 is 1.31 bits per heavy atom. The molecule has 5 N–H and O–H groups in total. The normalized spacial score (nSPS) is 23.7. The van der Waals surface area contributed by atoms with Gasteiger partial charge < -0.3 is 21.1 Å². The van der Waals surface area contributed by atoms with E-state index >= 15 is 0 Å². The second-order valence-electron chi connectivity index (χ2n) is 7.92. The summed E-state index contributed by atoms with van der Waals surface area (Å²) < 4.78 is 6.12. The number of anilines is 2. The topological polar surface area (TPSA) is 123 Å². The molecule has 1 saturated heterocycles. The summed E-state index contributed by atoms with van der Waals surface area (Å²) in [6, 6.07) is 10.1. The summed E-state index contributed by atoms with van der Waals surface area (Å²) in [4.78, 5) is 38.2. The van der Waals surface area contributed by atoms with Crippen LogP contribution in [0.4, 0.5) is 11.4 Å². The van der Waals surface area contributed by atoms with Crippen LogP contribution >= 0.6 is 27.5 Å². The monoisotopic (exact) mass is 520 g/mol. The molecule has 2 aromatic carbocycles. The number of carbonyl (C=O) groups excluding carboxylic acids is 3. The van der Waals surface area contributed by atoms with Crippen molar-refractivity contribution in [1.29, 1.82) is 0 Å². The molecule has 0 radical (unpaired) electrons. The first-order valence-electron chi connectivity index (χ1n) is 10.1. The maximum absolute atomic E-state index is 13.5. The molecule has 0 saturated carbocycles. The molecule has 0 aromatic heterocycles. The van der Waals surface area contributed by atoms with Crippen LogP contribution in [0.5, 0.6) is 5.75 Å². The third-order valence-electron chi connectivity index (χ3n) is 5.96. The Bertz CT molecular complexity index is 1110. The van der Waals surface area contributed by atoms with Crippen LogP contribution < -0.4 is 26.4 Å². The number of amides is 3. The van der Waals surface area contributed by atoms with Gasteiger partial charge in [0.2, 0.25) is 17.7 Å². The molecular weight excluding hydrogens is 500 g/mol. The second kappa shape index (κ2) is 8.73. The molecule has 3 amide bonds. The lowest BCUT2D eigenvalue weighted by Gasteiger charge is -2.29. The van der Waals surface area contributed by atoms with Gasteiger partial charge in [0.15, 0.2) is 0 Å². The van der Waals surface area contributed by atoms with Crippen LogP contribution in [0, 0.1) is 5.92 Å². The van der Waals surface area contributed by atoms with Gasteiger partial charge in [-0.3, -0.25) is 19.7 Å². The Balaban J connectivity index is 1.72. The van der Waals surface area contributed by atoms with Crippen molar-refractivity contribution in [2.45, 2.75) is 30.8 Å². The maximum Gasteiger partial charge on any atom is 0.250 e. The zero-order valence-electron chi connectivity index (χ0n) is 17.2.